The van der Waals surface area contributed by atoms with Crippen molar-refractivity contribution in [2.75, 3.05) is 32.8 Å². The Morgan fingerprint density at radius 2 is 2.21 bits per heavy atom. The first kappa shape index (κ1) is 14.7. The monoisotopic (exact) mass is 292 g/mol. The lowest BCUT2D eigenvalue weighted by Crippen LogP contribution is -2.53. The second kappa shape index (κ2) is 5.35. The molecule has 0 aromatic carbocycles. The van der Waals surface area contributed by atoms with E-state index in [1.54, 1.807) is 0 Å². The molecule has 0 aromatic rings. The highest BCUT2D eigenvalue weighted by molar-refractivity contribution is 7.87. The van der Waals surface area contributed by atoms with Gasteiger partial charge in [-0.1, -0.05) is 6.92 Å². The van der Waals surface area contributed by atoms with Gasteiger partial charge < -0.3 is 9.84 Å². The van der Waals surface area contributed by atoms with Crippen LogP contribution < -0.4 is 4.72 Å². The fraction of sp³-hybridized carbons (Fsp3) is 0.909. The van der Waals surface area contributed by atoms with Crippen LogP contribution in [0.2, 0.25) is 0 Å². The second-order valence-electron chi connectivity index (χ2n) is 5.67. The Balaban J connectivity index is 1.93. The summed E-state index contributed by atoms with van der Waals surface area (Å²) in [6.45, 7) is 3.81. The minimum atomic E-state index is -3.59. The molecular formula is C11H20N2O5S. The fourth-order valence-corrected chi connectivity index (χ4v) is 3.73. The number of carboxylic acids is 1. The van der Waals surface area contributed by atoms with Crippen molar-refractivity contribution in [3.63, 3.8) is 0 Å². The van der Waals surface area contributed by atoms with Crippen LogP contribution in [0, 0.1) is 11.3 Å². The van der Waals surface area contributed by atoms with Gasteiger partial charge in [0.2, 0.25) is 0 Å². The van der Waals surface area contributed by atoms with Crippen molar-refractivity contribution in [3.05, 3.63) is 0 Å². The van der Waals surface area contributed by atoms with Gasteiger partial charge in [0.15, 0.2) is 0 Å². The molecule has 0 saturated carbocycles. The lowest BCUT2D eigenvalue weighted by Gasteiger charge is -2.39. The van der Waals surface area contributed by atoms with Gasteiger partial charge in [0.1, 0.15) is 0 Å². The molecule has 2 saturated heterocycles. The summed E-state index contributed by atoms with van der Waals surface area (Å²) in [4.78, 5) is 10.9. The second-order valence-corrected chi connectivity index (χ2v) is 7.42. The number of carboxylic acid groups (broad SMARTS) is 1. The normalized spacial score (nSPS) is 27.7. The molecule has 1 atom stereocenters. The summed E-state index contributed by atoms with van der Waals surface area (Å²) in [5.74, 6) is -1.53. The van der Waals surface area contributed by atoms with E-state index in [0.29, 0.717) is 39.1 Å². The standard InChI is InChI=1S/C11H20N2O5S/c1-11(7-18-8-11)6-12-19(16,17)13-4-2-3-9(5-13)10(14)15/h9,12H,2-8H2,1H3,(H,14,15). The van der Waals surface area contributed by atoms with Crippen molar-refractivity contribution in [1.82, 2.24) is 9.03 Å². The van der Waals surface area contributed by atoms with Crippen molar-refractivity contribution >= 4 is 16.2 Å². The SMILES string of the molecule is CC1(CNS(=O)(=O)N2CCCC(C(=O)O)C2)COC1. The Morgan fingerprint density at radius 1 is 1.53 bits per heavy atom. The van der Waals surface area contributed by atoms with Crippen LogP contribution in [0.5, 0.6) is 0 Å². The zero-order valence-electron chi connectivity index (χ0n) is 11.0. The Kier molecular flexibility index (Phi) is 4.14. The molecular weight excluding hydrogens is 272 g/mol. The Hall–Kier alpha value is -0.700. The van der Waals surface area contributed by atoms with E-state index in [0.717, 1.165) is 0 Å². The van der Waals surface area contributed by atoms with E-state index in [1.165, 1.54) is 4.31 Å². The maximum absolute atomic E-state index is 12.1. The van der Waals surface area contributed by atoms with Crippen LogP contribution in [0.1, 0.15) is 19.8 Å². The molecule has 0 radical (unpaired) electrons. The topological polar surface area (TPSA) is 95.9 Å². The summed E-state index contributed by atoms with van der Waals surface area (Å²) in [7, 11) is -3.59. The van der Waals surface area contributed by atoms with Crippen molar-refractivity contribution in [2.45, 2.75) is 19.8 Å². The van der Waals surface area contributed by atoms with E-state index in [1.807, 2.05) is 6.92 Å². The van der Waals surface area contributed by atoms with E-state index in [9.17, 15) is 13.2 Å². The molecule has 2 rings (SSSR count). The van der Waals surface area contributed by atoms with Crippen LogP contribution in [0.4, 0.5) is 0 Å². The zero-order valence-corrected chi connectivity index (χ0v) is 11.8. The molecule has 0 bridgehead atoms. The number of aliphatic carboxylic acids is 1. The van der Waals surface area contributed by atoms with Gasteiger partial charge in [-0.3, -0.25) is 4.79 Å². The number of nitrogens with one attached hydrogen (secondary N) is 1. The molecule has 0 aromatic heterocycles. The fourth-order valence-electron chi connectivity index (χ4n) is 2.27. The summed E-state index contributed by atoms with van der Waals surface area (Å²) in [5.41, 5.74) is -0.144. The maximum atomic E-state index is 12.1. The molecule has 2 N–H and O–H groups in total. The van der Waals surface area contributed by atoms with E-state index in [-0.39, 0.29) is 12.0 Å². The van der Waals surface area contributed by atoms with Crippen LogP contribution in [0.3, 0.4) is 0 Å². The van der Waals surface area contributed by atoms with Crippen molar-refractivity contribution in [3.8, 4) is 0 Å². The van der Waals surface area contributed by atoms with Crippen LogP contribution in [0.15, 0.2) is 0 Å². The highest BCUT2D eigenvalue weighted by Gasteiger charge is 2.37. The van der Waals surface area contributed by atoms with Gasteiger partial charge in [-0.05, 0) is 12.8 Å². The first-order valence-electron chi connectivity index (χ1n) is 6.38. The molecule has 7 nitrogen and oxygen atoms in total. The van der Waals surface area contributed by atoms with E-state index >= 15 is 0 Å². The number of nitrogens with zero attached hydrogens (tertiary/aromatic N) is 1. The average molecular weight is 292 g/mol. The minimum absolute atomic E-state index is 0.0535. The van der Waals surface area contributed by atoms with Crippen LogP contribution in [0.25, 0.3) is 0 Å². The molecule has 2 heterocycles. The lowest BCUT2D eigenvalue weighted by molar-refractivity contribution is -0.142. The minimum Gasteiger partial charge on any atom is -0.481 e. The van der Waals surface area contributed by atoms with Crippen LogP contribution in [-0.4, -0.2) is 56.6 Å². The predicted molar refractivity (Wildman–Crippen MR) is 67.8 cm³/mol. The van der Waals surface area contributed by atoms with Gasteiger partial charge in [-0.2, -0.15) is 12.7 Å². The molecule has 0 aliphatic carbocycles. The van der Waals surface area contributed by atoms with Gasteiger partial charge in [0.05, 0.1) is 19.1 Å². The predicted octanol–water partition coefficient (Wildman–Crippen LogP) is -0.346. The highest BCUT2D eigenvalue weighted by Crippen LogP contribution is 2.26. The largest absolute Gasteiger partial charge is 0.481 e. The first-order chi connectivity index (χ1) is 8.82. The molecule has 2 aliphatic rings. The number of hydrogen-bond donors (Lipinski definition) is 2. The third kappa shape index (κ3) is 3.44. The summed E-state index contributed by atoms with van der Waals surface area (Å²) in [5, 5.41) is 8.97. The average Bonchev–Trinajstić information content (AvgIpc) is 2.34. The van der Waals surface area contributed by atoms with Gasteiger partial charge in [0.25, 0.3) is 10.2 Å². The van der Waals surface area contributed by atoms with Gasteiger partial charge >= 0.3 is 5.97 Å². The van der Waals surface area contributed by atoms with Gasteiger partial charge in [0, 0.05) is 25.0 Å². The molecule has 0 amide bonds. The quantitative estimate of drug-likeness (QED) is 0.722. The zero-order chi connectivity index (χ0) is 14.1. The molecule has 2 fully saturated rings. The Bertz CT molecular complexity index is 446. The summed E-state index contributed by atoms with van der Waals surface area (Å²) < 4.78 is 33.1. The smallest absolute Gasteiger partial charge is 0.307 e. The lowest BCUT2D eigenvalue weighted by atomic mass is 9.89. The first-order valence-corrected chi connectivity index (χ1v) is 7.82. The van der Waals surface area contributed by atoms with Crippen molar-refractivity contribution < 1.29 is 23.1 Å². The van der Waals surface area contributed by atoms with E-state index < -0.39 is 22.1 Å². The maximum Gasteiger partial charge on any atom is 0.307 e. The third-order valence-electron chi connectivity index (χ3n) is 3.66. The highest BCUT2D eigenvalue weighted by atomic mass is 32.2. The Labute approximate surface area is 113 Å². The van der Waals surface area contributed by atoms with E-state index in [2.05, 4.69) is 4.72 Å². The van der Waals surface area contributed by atoms with Gasteiger partial charge in [-0.25, -0.2) is 4.72 Å². The molecule has 8 heteroatoms. The van der Waals surface area contributed by atoms with Crippen molar-refractivity contribution in [2.24, 2.45) is 11.3 Å². The molecule has 1 unspecified atom stereocenters. The third-order valence-corrected chi connectivity index (χ3v) is 5.18. The molecule has 110 valence electrons. The van der Waals surface area contributed by atoms with Crippen LogP contribution in [-0.2, 0) is 19.7 Å². The molecule has 2 aliphatic heterocycles. The number of hydrogen-bond acceptors (Lipinski definition) is 4. The number of piperidine rings is 1. The summed E-state index contributed by atoms with van der Waals surface area (Å²) in [6.07, 6.45) is 1.12. The molecule has 0 spiro atoms. The molecule has 19 heavy (non-hydrogen) atoms. The Morgan fingerprint density at radius 3 is 2.74 bits per heavy atom. The summed E-state index contributed by atoms with van der Waals surface area (Å²) in [6, 6.07) is 0. The number of carbonyl (C=O) groups is 1. The number of ether oxygens (including phenoxy) is 1. The van der Waals surface area contributed by atoms with Gasteiger partial charge in [-0.15, -0.1) is 0 Å². The number of rotatable bonds is 5. The van der Waals surface area contributed by atoms with E-state index in [4.69, 9.17) is 9.84 Å². The van der Waals surface area contributed by atoms with Crippen molar-refractivity contribution in [1.29, 1.82) is 0 Å². The van der Waals surface area contributed by atoms with Crippen LogP contribution >= 0.6 is 0 Å². The summed E-state index contributed by atoms with van der Waals surface area (Å²) >= 11 is 0.